The van der Waals surface area contributed by atoms with E-state index in [1.807, 2.05) is 0 Å². The Morgan fingerprint density at radius 1 is 1.31 bits per heavy atom. The van der Waals surface area contributed by atoms with Crippen molar-refractivity contribution in [1.82, 2.24) is 24.6 Å². The normalized spacial score (nSPS) is 20.3. The fourth-order valence-corrected chi connectivity index (χ4v) is 5.47. The number of esters is 1. The van der Waals surface area contributed by atoms with Crippen LogP contribution in [0.3, 0.4) is 0 Å². The maximum absolute atomic E-state index is 13.8. The SMILES string of the molecule is CC(C)OC(=O)[C@H](C)NP(=O)(CO[C@H]1COCC1n1cnc2c(=O)[nH]c(N)nc21)Oc1ccccc1. The van der Waals surface area contributed by atoms with E-state index in [2.05, 4.69) is 20.0 Å². The second-order valence-electron chi connectivity index (χ2n) is 8.63. The molecule has 4 atom stereocenters. The van der Waals surface area contributed by atoms with E-state index in [9.17, 15) is 14.2 Å². The fourth-order valence-electron chi connectivity index (χ4n) is 3.75. The van der Waals surface area contributed by atoms with Crippen molar-refractivity contribution in [3.8, 4) is 5.75 Å². The standard InChI is InChI=1S/C22H29N6O7P/c1-13(2)34-21(30)14(3)27-36(31,35-15-7-5-4-6-8-15)12-33-17-10-32-9-16(17)28-11-24-18-19(28)25-22(23)26-20(18)29/h4-8,11,13-14,16-17H,9-10,12H2,1-3H3,(H,27,31)(H3,23,25,26,29)/t14-,16?,17-,36?/m0/s1. The molecule has 4 N–H and O–H groups in total. The number of hydrogen-bond donors (Lipinski definition) is 3. The molecular formula is C22H29N6O7P. The number of rotatable bonds is 10. The maximum atomic E-state index is 13.8. The van der Waals surface area contributed by atoms with Gasteiger partial charge in [0.2, 0.25) is 5.95 Å². The van der Waals surface area contributed by atoms with Gasteiger partial charge in [0.15, 0.2) is 11.2 Å². The van der Waals surface area contributed by atoms with Gasteiger partial charge in [-0.15, -0.1) is 0 Å². The first-order valence-electron chi connectivity index (χ1n) is 11.4. The van der Waals surface area contributed by atoms with Crippen LogP contribution in [0.4, 0.5) is 5.95 Å². The number of aromatic amines is 1. The quantitative estimate of drug-likeness (QED) is 0.263. The minimum atomic E-state index is -3.76. The molecule has 1 fully saturated rings. The highest BCUT2D eigenvalue weighted by Crippen LogP contribution is 2.44. The number of hydrogen-bond acceptors (Lipinski definition) is 10. The summed E-state index contributed by atoms with van der Waals surface area (Å²) in [6, 6.07) is 7.24. The van der Waals surface area contributed by atoms with Crippen molar-refractivity contribution >= 4 is 30.6 Å². The van der Waals surface area contributed by atoms with Gasteiger partial charge in [-0.25, -0.2) is 10.1 Å². The summed E-state index contributed by atoms with van der Waals surface area (Å²) in [7, 11) is -3.76. The lowest BCUT2D eigenvalue weighted by molar-refractivity contribution is -0.149. The van der Waals surface area contributed by atoms with E-state index in [0.717, 1.165) is 0 Å². The van der Waals surface area contributed by atoms with Crippen molar-refractivity contribution in [3.63, 3.8) is 0 Å². The van der Waals surface area contributed by atoms with Crippen LogP contribution in [0, 0.1) is 0 Å². The van der Waals surface area contributed by atoms with Gasteiger partial charge in [0.25, 0.3) is 5.56 Å². The number of aromatic nitrogens is 4. The molecule has 36 heavy (non-hydrogen) atoms. The first-order valence-corrected chi connectivity index (χ1v) is 13.2. The van der Waals surface area contributed by atoms with Crippen LogP contribution in [0.1, 0.15) is 26.8 Å². The van der Waals surface area contributed by atoms with Crippen LogP contribution in [0.15, 0.2) is 41.5 Å². The van der Waals surface area contributed by atoms with Gasteiger partial charge in [0.1, 0.15) is 24.2 Å². The van der Waals surface area contributed by atoms with Crippen molar-refractivity contribution in [1.29, 1.82) is 0 Å². The fraction of sp³-hybridized carbons (Fsp3) is 0.455. The highest BCUT2D eigenvalue weighted by molar-refractivity contribution is 7.57. The van der Waals surface area contributed by atoms with E-state index >= 15 is 0 Å². The smallest absolute Gasteiger partial charge is 0.342 e. The highest BCUT2D eigenvalue weighted by Gasteiger charge is 2.37. The van der Waals surface area contributed by atoms with E-state index in [1.54, 1.807) is 55.7 Å². The summed E-state index contributed by atoms with van der Waals surface area (Å²) in [4.78, 5) is 35.2. The zero-order valence-electron chi connectivity index (χ0n) is 20.1. The van der Waals surface area contributed by atoms with Crippen molar-refractivity contribution in [2.75, 3.05) is 25.3 Å². The van der Waals surface area contributed by atoms with Crippen LogP contribution in [-0.2, 0) is 23.6 Å². The minimum absolute atomic E-state index is 0.0436. The molecule has 0 aliphatic carbocycles. The van der Waals surface area contributed by atoms with Gasteiger partial charge < -0.3 is 29.0 Å². The summed E-state index contributed by atoms with van der Waals surface area (Å²) >= 11 is 0. The molecule has 2 unspecified atom stereocenters. The van der Waals surface area contributed by atoms with Crippen molar-refractivity contribution < 1.29 is 28.1 Å². The summed E-state index contributed by atoms with van der Waals surface area (Å²) in [5.41, 5.74) is 5.66. The van der Waals surface area contributed by atoms with Gasteiger partial charge in [-0.05, 0) is 32.9 Å². The number of para-hydroxylation sites is 1. The summed E-state index contributed by atoms with van der Waals surface area (Å²) < 4.78 is 38.1. The Bertz CT molecular complexity index is 1310. The number of carbonyl (C=O) groups is 1. The Morgan fingerprint density at radius 3 is 2.78 bits per heavy atom. The van der Waals surface area contributed by atoms with E-state index in [0.29, 0.717) is 5.75 Å². The van der Waals surface area contributed by atoms with E-state index < -0.39 is 37.2 Å². The molecule has 0 amide bonds. The molecule has 1 saturated heterocycles. The Morgan fingerprint density at radius 2 is 2.06 bits per heavy atom. The lowest BCUT2D eigenvalue weighted by atomic mass is 10.2. The molecule has 0 bridgehead atoms. The molecular weight excluding hydrogens is 491 g/mol. The molecule has 0 radical (unpaired) electrons. The third-order valence-corrected chi connectivity index (χ3v) is 7.13. The molecule has 3 heterocycles. The van der Waals surface area contributed by atoms with E-state index in [4.69, 9.17) is 24.5 Å². The van der Waals surface area contributed by atoms with E-state index in [1.165, 1.54) is 6.33 Å². The number of carbonyl (C=O) groups excluding carboxylic acids is 1. The number of imidazole rings is 1. The Hall–Kier alpha value is -3.25. The minimum Gasteiger partial charge on any atom is -0.462 e. The number of nitrogens with one attached hydrogen (secondary N) is 2. The highest BCUT2D eigenvalue weighted by atomic mass is 31.2. The number of nitrogens with two attached hydrogens (primary N) is 1. The van der Waals surface area contributed by atoms with Crippen LogP contribution in [0.25, 0.3) is 11.2 Å². The van der Waals surface area contributed by atoms with Crippen molar-refractivity contribution in [3.05, 3.63) is 47.0 Å². The largest absolute Gasteiger partial charge is 0.462 e. The van der Waals surface area contributed by atoms with Gasteiger partial charge in [-0.3, -0.25) is 19.1 Å². The number of anilines is 1. The Labute approximate surface area is 206 Å². The van der Waals surface area contributed by atoms with Crippen LogP contribution < -0.4 is 20.9 Å². The summed E-state index contributed by atoms with van der Waals surface area (Å²) in [5, 5.41) is 2.76. The molecule has 1 aromatic carbocycles. The second kappa shape index (κ2) is 10.8. The molecule has 194 valence electrons. The van der Waals surface area contributed by atoms with Gasteiger partial charge in [0.05, 0.1) is 31.7 Å². The Kier molecular flexibility index (Phi) is 7.74. The first-order chi connectivity index (χ1) is 17.1. The molecule has 0 saturated carbocycles. The molecule has 13 nitrogen and oxygen atoms in total. The lowest BCUT2D eigenvalue weighted by Crippen LogP contribution is -2.37. The van der Waals surface area contributed by atoms with Gasteiger partial charge >= 0.3 is 13.5 Å². The summed E-state index contributed by atoms with van der Waals surface area (Å²) in [6.07, 6.45) is 0.194. The van der Waals surface area contributed by atoms with Crippen molar-refractivity contribution in [2.45, 2.75) is 45.1 Å². The number of nitrogen functional groups attached to an aromatic ring is 1. The van der Waals surface area contributed by atoms with E-state index in [-0.39, 0.29) is 42.8 Å². The molecule has 3 aromatic rings. The third-order valence-electron chi connectivity index (χ3n) is 5.36. The third kappa shape index (κ3) is 5.93. The second-order valence-corrected chi connectivity index (χ2v) is 10.7. The number of nitrogens with zero attached hydrogens (tertiary/aromatic N) is 3. The Balaban J connectivity index is 1.53. The van der Waals surface area contributed by atoms with Gasteiger partial charge in [0, 0.05) is 0 Å². The predicted octanol–water partition coefficient (Wildman–Crippen LogP) is 1.82. The molecule has 4 rings (SSSR count). The van der Waals surface area contributed by atoms with Crippen LogP contribution >= 0.6 is 7.52 Å². The summed E-state index contributed by atoms with van der Waals surface area (Å²) in [5.74, 6) is -0.263. The van der Waals surface area contributed by atoms with Crippen molar-refractivity contribution in [2.24, 2.45) is 0 Å². The number of H-pyrrole nitrogens is 1. The van der Waals surface area contributed by atoms with Gasteiger partial charge in [-0.2, -0.15) is 4.98 Å². The average molecular weight is 520 g/mol. The predicted molar refractivity (Wildman–Crippen MR) is 131 cm³/mol. The zero-order valence-corrected chi connectivity index (χ0v) is 21.0. The number of benzene rings is 1. The monoisotopic (exact) mass is 520 g/mol. The first kappa shape index (κ1) is 25.8. The maximum Gasteiger partial charge on any atom is 0.342 e. The zero-order chi connectivity index (χ0) is 25.9. The summed E-state index contributed by atoms with van der Waals surface area (Å²) in [6.45, 7) is 5.44. The molecule has 0 spiro atoms. The average Bonchev–Trinajstić information content (AvgIpc) is 3.44. The van der Waals surface area contributed by atoms with Crippen LogP contribution in [-0.4, -0.2) is 63.3 Å². The lowest BCUT2D eigenvalue weighted by Gasteiger charge is -2.26. The molecule has 14 heteroatoms. The van der Waals surface area contributed by atoms with Crippen LogP contribution in [0.2, 0.25) is 0 Å². The molecule has 1 aliphatic rings. The number of ether oxygens (including phenoxy) is 3. The number of fused-ring (bicyclic) bond motifs is 1. The molecule has 2 aromatic heterocycles. The van der Waals surface area contributed by atoms with Crippen LogP contribution in [0.5, 0.6) is 5.75 Å². The van der Waals surface area contributed by atoms with Gasteiger partial charge in [-0.1, -0.05) is 18.2 Å². The topological polar surface area (TPSA) is 173 Å². The molecule has 1 aliphatic heterocycles.